The monoisotopic (exact) mass is 316 g/mol. The maximum Gasteiger partial charge on any atom is 0.167 e. The summed E-state index contributed by atoms with van der Waals surface area (Å²) in [5.74, 6) is -0.112. The fourth-order valence-corrected chi connectivity index (χ4v) is 4.03. The van der Waals surface area contributed by atoms with Gasteiger partial charge in [0.2, 0.25) is 0 Å². The summed E-state index contributed by atoms with van der Waals surface area (Å²) in [6, 6.07) is 2.48. The Hall–Kier alpha value is -1.50. The van der Waals surface area contributed by atoms with Crippen molar-refractivity contribution in [3.05, 3.63) is 17.9 Å². The van der Waals surface area contributed by atoms with Crippen LogP contribution in [0.3, 0.4) is 0 Å². The first kappa shape index (κ1) is 15.9. The van der Waals surface area contributed by atoms with Gasteiger partial charge in [0.25, 0.3) is 0 Å². The van der Waals surface area contributed by atoms with Crippen LogP contribution in [0.1, 0.15) is 26.7 Å². The Kier molecular flexibility index (Phi) is 4.61. The highest BCUT2D eigenvalue weighted by Crippen LogP contribution is 2.30. The molecule has 1 aromatic rings. The predicted octanol–water partition coefficient (Wildman–Crippen LogP) is 2.18. The molecule has 1 aliphatic heterocycles. The lowest BCUT2D eigenvalue weighted by Gasteiger charge is -2.25. The molecule has 7 heteroatoms. The number of halogens is 1. The molecule has 1 fully saturated rings. The van der Waals surface area contributed by atoms with Crippen molar-refractivity contribution in [2.24, 2.45) is 0 Å². The largest absolute Gasteiger partial charge is 0.488 e. The molecule has 5 nitrogen and oxygen atoms in total. The molecule has 1 atom stereocenters. The van der Waals surface area contributed by atoms with Crippen molar-refractivity contribution in [1.29, 1.82) is 0 Å². The van der Waals surface area contributed by atoms with E-state index in [1.54, 1.807) is 13.8 Å². The first-order valence-corrected chi connectivity index (χ1v) is 8.81. The predicted molar refractivity (Wildman–Crippen MR) is 81.9 cm³/mol. The minimum atomic E-state index is -3.01. The summed E-state index contributed by atoms with van der Waals surface area (Å²) in [5.41, 5.74) is 6.55. The van der Waals surface area contributed by atoms with Gasteiger partial charge < -0.3 is 15.8 Å². The number of nitrogens with one attached hydrogen (secondary N) is 1. The third kappa shape index (κ3) is 4.23. The van der Waals surface area contributed by atoms with Gasteiger partial charge in [-0.05, 0) is 26.7 Å². The van der Waals surface area contributed by atoms with Crippen LogP contribution in [0.4, 0.5) is 15.8 Å². The zero-order valence-electron chi connectivity index (χ0n) is 12.2. The van der Waals surface area contributed by atoms with Crippen LogP contribution in [0.25, 0.3) is 0 Å². The van der Waals surface area contributed by atoms with Crippen molar-refractivity contribution in [1.82, 2.24) is 0 Å². The van der Waals surface area contributed by atoms with E-state index in [9.17, 15) is 12.8 Å². The molecule has 118 valence electrons. The molecular weight excluding hydrogens is 295 g/mol. The topological polar surface area (TPSA) is 81.4 Å². The molecule has 1 aromatic carbocycles. The van der Waals surface area contributed by atoms with Crippen LogP contribution in [0.2, 0.25) is 0 Å². The molecule has 0 spiro atoms. The van der Waals surface area contributed by atoms with Gasteiger partial charge in [-0.2, -0.15) is 0 Å². The molecule has 0 bridgehead atoms. The van der Waals surface area contributed by atoms with Crippen molar-refractivity contribution in [2.75, 3.05) is 22.6 Å². The third-order valence-corrected chi connectivity index (χ3v) is 5.11. The van der Waals surface area contributed by atoms with Crippen molar-refractivity contribution in [2.45, 2.75) is 38.8 Å². The molecular formula is C14H21FN2O3S. The van der Waals surface area contributed by atoms with Crippen LogP contribution in [-0.4, -0.2) is 32.1 Å². The van der Waals surface area contributed by atoms with Crippen LogP contribution >= 0.6 is 0 Å². The average molecular weight is 316 g/mol. The number of benzene rings is 1. The van der Waals surface area contributed by atoms with E-state index >= 15 is 0 Å². The number of hydrogen-bond donors (Lipinski definition) is 2. The molecule has 0 saturated carbocycles. The Morgan fingerprint density at radius 1 is 1.43 bits per heavy atom. The molecule has 1 aliphatic rings. The number of sulfone groups is 1. The van der Waals surface area contributed by atoms with Gasteiger partial charge in [-0.1, -0.05) is 0 Å². The molecule has 0 aromatic heterocycles. The van der Waals surface area contributed by atoms with E-state index < -0.39 is 15.7 Å². The van der Waals surface area contributed by atoms with Gasteiger partial charge in [0, 0.05) is 18.2 Å². The number of rotatable bonds is 4. The van der Waals surface area contributed by atoms with Gasteiger partial charge in [0.15, 0.2) is 21.4 Å². The second-order valence-corrected chi connectivity index (χ2v) is 7.86. The van der Waals surface area contributed by atoms with E-state index in [0.717, 1.165) is 6.42 Å². The second-order valence-electron chi connectivity index (χ2n) is 5.63. The molecule has 0 aliphatic carbocycles. The Bertz CT molecular complexity index is 617. The third-order valence-electron chi connectivity index (χ3n) is 3.29. The minimum absolute atomic E-state index is 0.0736. The standard InChI is InChI=1S/C14H21FN2O3S/c1-9(2)20-14-7-13(12(16)6-11(14)15)17-10-4-3-5-21(18,19)8-10/h6-7,9-10,17H,3-5,8,16H2,1-2H3. The molecule has 3 N–H and O–H groups in total. The zero-order valence-corrected chi connectivity index (χ0v) is 13.0. The van der Waals surface area contributed by atoms with E-state index in [1.807, 2.05) is 0 Å². The summed E-state index contributed by atoms with van der Waals surface area (Å²) in [4.78, 5) is 0. The number of nitrogen functional groups attached to an aromatic ring is 1. The van der Waals surface area contributed by atoms with Gasteiger partial charge in [0.1, 0.15) is 0 Å². The summed E-state index contributed by atoms with van der Waals surface area (Å²) in [6.07, 6.45) is 1.21. The Morgan fingerprint density at radius 3 is 2.76 bits per heavy atom. The summed E-state index contributed by atoms with van der Waals surface area (Å²) >= 11 is 0. The highest BCUT2D eigenvalue weighted by molar-refractivity contribution is 7.91. The lowest BCUT2D eigenvalue weighted by Crippen LogP contribution is -2.35. The maximum atomic E-state index is 13.8. The van der Waals surface area contributed by atoms with Crippen LogP contribution in [0.15, 0.2) is 12.1 Å². The SMILES string of the molecule is CC(C)Oc1cc(NC2CCCS(=O)(=O)C2)c(N)cc1F. The van der Waals surface area contributed by atoms with E-state index in [2.05, 4.69) is 5.32 Å². The summed E-state index contributed by atoms with van der Waals surface area (Å²) < 4.78 is 42.4. The first-order chi connectivity index (χ1) is 9.77. The van der Waals surface area contributed by atoms with Crippen LogP contribution < -0.4 is 15.8 Å². The Labute approximate surface area is 124 Å². The molecule has 1 unspecified atom stereocenters. The Balaban J connectivity index is 2.19. The van der Waals surface area contributed by atoms with Gasteiger partial charge in [-0.25, -0.2) is 12.8 Å². The quantitative estimate of drug-likeness (QED) is 0.832. The minimum Gasteiger partial charge on any atom is -0.488 e. The highest BCUT2D eigenvalue weighted by atomic mass is 32.2. The zero-order chi connectivity index (χ0) is 15.6. The van der Waals surface area contributed by atoms with Crippen molar-refractivity contribution in [3.63, 3.8) is 0 Å². The van der Waals surface area contributed by atoms with E-state index in [0.29, 0.717) is 12.1 Å². The number of hydrogen-bond acceptors (Lipinski definition) is 5. The van der Waals surface area contributed by atoms with Gasteiger partial charge >= 0.3 is 0 Å². The van der Waals surface area contributed by atoms with Crippen molar-refractivity contribution < 1.29 is 17.5 Å². The van der Waals surface area contributed by atoms with Crippen molar-refractivity contribution >= 4 is 21.2 Å². The van der Waals surface area contributed by atoms with Crippen LogP contribution in [0.5, 0.6) is 5.75 Å². The molecule has 2 rings (SSSR count). The van der Waals surface area contributed by atoms with E-state index in [4.69, 9.17) is 10.5 Å². The molecule has 1 saturated heterocycles. The number of anilines is 2. The maximum absolute atomic E-state index is 13.8. The Morgan fingerprint density at radius 2 is 2.14 bits per heavy atom. The summed E-state index contributed by atoms with van der Waals surface area (Å²) in [6.45, 7) is 3.60. The van der Waals surface area contributed by atoms with Gasteiger partial charge in [-0.15, -0.1) is 0 Å². The average Bonchev–Trinajstić information content (AvgIpc) is 2.33. The highest BCUT2D eigenvalue weighted by Gasteiger charge is 2.25. The van der Waals surface area contributed by atoms with E-state index in [-0.39, 0.29) is 35.1 Å². The van der Waals surface area contributed by atoms with Crippen molar-refractivity contribution in [3.8, 4) is 5.75 Å². The van der Waals surface area contributed by atoms with Crippen LogP contribution in [-0.2, 0) is 9.84 Å². The second kappa shape index (κ2) is 6.09. The molecule has 1 heterocycles. The van der Waals surface area contributed by atoms with E-state index in [1.165, 1.54) is 12.1 Å². The summed E-state index contributed by atoms with van der Waals surface area (Å²) in [5, 5.41) is 3.09. The van der Waals surface area contributed by atoms with Gasteiger partial charge in [0.05, 0.1) is 29.0 Å². The number of ether oxygens (including phenoxy) is 1. The molecule has 0 amide bonds. The normalized spacial score (nSPS) is 21.2. The fourth-order valence-electron chi connectivity index (χ4n) is 2.39. The smallest absolute Gasteiger partial charge is 0.167 e. The lowest BCUT2D eigenvalue weighted by atomic mass is 10.1. The van der Waals surface area contributed by atoms with Crippen LogP contribution in [0, 0.1) is 5.82 Å². The molecule has 21 heavy (non-hydrogen) atoms. The molecule has 0 radical (unpaired) electrons. The first-order valence-electron chi connectivity index (χ1n) is 6.99. The van der Waals surface area contributed by atoms with Gasteiger partial charge in [-0.3, -0.25) is 0 Å². The fraction of sp³-hybridized carbons (Fsp3) is 0.571. The summed E-state index contributed by atoms with van der Waals surface area (Å²) in [7, 11) is -3.01. The lowest BCUT2D eigenvalue weighted by molar-refractivity contribution is 0.231. The number of nitrogens with two attached hydrogens (primary N) is 1.